The lowest BCUT2D eigenvalue weighted by Gasteiger charge is -2.31. The molecule has 0 aliphatic carbocycles. The standard InChI is InChI=1S/C13H18FN3O.C2H2O4/c1-16-6-8-17(9-7-16)10-13(18)15-12-5-3-2-4-11(12)14;3-1(4)2(5)6/h2-5H,6-10H2,1H3,(H,15,18);(H,3,4)(H,5,6). The number of benzene rings is 1. The molecule has 3 N–H and O–H groups in total. The normalized spacial score (nSPS) is 15.1. The maximum Gasteiger partial charge on any atom is 0.414 e. The van der Waals surface area contributed by atoms with Gasteiger partial charge in [0, 0.05) is 26.2 Å². The Balaban J connectivity index is 0.000000413. The van der Waals surface area contributed by atoms with Gasteiger partial charge in [-0.3, -0.25) is 9.69 Å². The van der Waals surface area contributed by atoms with E-state index >= 15 is 0 Å². The third kappa shape index (κ3) is 7.16. The van der Waals surface area contributed by atoms with Crippen molar-refractivity contribution in [1.29, 1.82) is 0 Å². The van der Waals surface area contributed by atoms with Crippen LogP contribution in [0.25, 0.3) is 0 Å². The van der Waals surface area contributed by atoms with Gasteiger partial charge in [0.15, 0.2) is 0 Å². The molecule has 2 rings (SSSR count). The van der Waals surface area contributed by atoms with Gasteiger partial charge in [0.05, 0.1) is 12.2 Å². The molecule has 8 nitrogen and oxygen atoms in total. The number of nitrogens with one attached hydrogen (secondary N) is 1. The van der Waals surface area contributed by atoms with E-state index in [4.69, 9.17) is 19.8 Å². The summed E-state index contributed by atoms with van der Waals surface area (Å²) in [5, 5.41) is 17.4. The molecule has 0 saturated carbocycles. The van der Waals surface area contributed by atoms with Crippen LogP contribution in [0.5, 0.6) is 0 Å². The minimum absolute atomic E-state index is 0.162. The zero-order chi connectivity index (χ0) is 18.1. The van der Waals surface area contributed by atoms with Crippen molar-refractivity contribution in [1.82, 2.24) is 9.80 Å². The number of carboxylic acids is 2. The maximum atomic E-state index is 13.3. The number of hydrogen-bond acceptors (Lipinski definition) is 5. The second-order valence-corrected chi connectivity index (χ2v) is 5.22. The SMILES string of the molecule is CN1CCN(CC(=O)Nc2ccccc2F)CC1.O=C(O)C(=O)O. The number of carbonyl (C=O) groups excluding carboxylic acids is 1. The summed E-state index contributed by atoms with van der Waals surface area (Å²) < 4.78 is 13.3. The van der Waals surface area contributed by atoms with Crippen LogP contribution in [0.15, 0.2) is 24.3 Å². The van der Waals surface area contributed by atoms with Crippen LogP contribution in [0.4, 0.5) is 10.1 Å². The van der Waals surface area contributed by atoms with E-state index in [1.54, 1.807) is 18.2 Å². The van der Waals surface area contributed by atoms with Gasteiger partial charge in [-0.05, 0) is 19.2 Å². The van der Waals surface area contributed by atoms with E-state index in [9.17, 15) is 9.18 Å². The first-order valence-electron chi connectivity index (χ1n) is 7.21. The lowest BCUT2D eigenvalue weighted by molar-refractivity contribution is -0.159. The van der Waals surface area contributed by atoms with Gasteiger partial charge in [0.25, 0.3) is 0 Å². The number of anilines is 1. The van der Waals surface area contributed by atoms with E-state index in [-0.39, 0.29) is 11.6 Å². The van der Waals surface area contributed by atoms with Gasteiger partial charge < -0.3 is 20.4 Å². The van der Waals surface area contributed by atoms with Crippen molar-refractivity contribution >= 4 is 23.5 Å². The number of aliphatic carboxylic acids is 2. The molecule has 1 fully saturated rings. The highest BCUT2D eigenvalue weighted by Gasteiger charge is 2.16. The molecule has 0 aromatic heterocycles. The second kappa shape index (κ2) is 9.58. The first-order valence-corrected chi connectivity index (χ1v) is 7.21. The van der Waals surface area contributed by atoms with Gasteiger partial charge in [0.2, 0.25) is 5.91 Å². The quantitative estimate of drug-likeness (QED) is 0.672. The first-order chi connectivity index (χ1) is 11.3. The van der Waals surface area contributed by atoms with E-state index in [1.165, 1.54) is 6.07 Å². The van der Waals surface area contributed by atoms with Crippen LogP contribution in [0.3, 0.4) is 0 Å². The highest BCUT2D eigenvalue weighted by atomic mass is 19.1. The van der Waals surface area contributed by atoms with Gasteiger partial charge >= 0.3 is 11.9 Å². The fraction of sp³-hybridized carbons (Fsp3) is 0.400. The van der Waals surface area contributed by atoms with Crippen molar-refractivity contribution in [3.63, 3.8) is 0 Å². The number of para-hydroxylation sites is 1. The van der Waals surface area contributed by atoms with Gasteiger partial charge in [-0.25, -0.2) is 14.0 Å². The fourth-order valence-corrected chi connectivity index (χ4v) is 1.96. The molecule has 0 unspecified atom stereocenters. The third-order valence-electron chi connectivity index (χ3n) is 3.29. The minimum atomic E-state index is -1.82. The number of carboxylic acid groups (broad SMARTS) is 2. The lowest BCUT2D eigenvalue weighted by atomic mass is 10.3. The fourth-order valence-electron chi connectivity index (χ4n) is 1.96. The van der Waals surface area contributed by atoms with E-state index in [0.29, 0.717) is 6.54 Å². The van der Waals surface area contributed by atoms with Crippen LogP contribution in [0.1, 0.15) is 0 Å². The highest BCUT2D eigenvalue weighted by Crippen LogP contribution is 2.12. The van der Waals surface area contributed by atoms with E-state index in [2.05, 4.69) is 22.2 Å². The first kappa shape index (κ1) is 19.5. The van der Waals surface area contributed by atoms with Crippen LogP contribution in [0.2, 0.25) is 0 Å². The summed E-state index contributed by atoms with van der Waals surface area (Å²) in [6, 6.07) is 6.21. The van der Waals surface area contributed by atoms with E-state index < -0.39 is 17.8 Å². The van der Waals surface area contributed by atoms with E-state index in [1.807, 2.05) is 0 Å². The molecule has 1 aromatic carbocycles. The number of nitrogens with zero attached hydrogens (tertiary/aromatic N) is 2. The second-order valence-electron chi connectivity index (χ2n) is 5.22. The van der Waals surface area contributed by atoms with Crippen molar-refractivity contribution in [2.45, 2.75) is 0 Å². The predicted molar refractivity (Wildman–Crippen MR) is 84.2 cm³/mol. The molecular weight excluding hydrogens is 321 g/mol. The summed E-state index contributed by atoms with van der Waals surface area (Å²) >= 11 is 0. The van der Waals surface area contributed by atoms with Crippen LogP contribution < -0.4 is 5.32 Å². The zero-order valence-corrected chi connectivity index (χ0v) is 13.2. The average molecular weight is 341 g/mol. The average Bonchev–Trinajstić information content (AvgIpc) is 2.52. The summed E-state index contributed by atoms with van der Waals surface area (Å²) in [6.07, 6.45) is 0. The Morgan fingerprint density at radius 1 is 1.08 bits per heavy atom. The third-order valence-corrected chi connectivity index (χ3v) is 3.29. The Labute approximate surface area is 138 Å². The van der Waals surface area contributed by atoms with Gasteiger partial charge in [-0.1, -0.05) is 12.1 Å². The molecule has 1 heterocycles. The van der Waals surface area contributed by atoms with Crippen molar-refractivity contribution in [2.75, 3.05) is 45.1 Å². The number of hydrogen-bond donors (Lipinski definition) is 3. The summed E-state index contributed by atoms with van der Waals surface area (Å²) in [7, 11) is 2.07. The smallest absolute Gasteiger partial charge is 0.414 e. The summed E-state index contributed by atoms with van der Waals surface area (Å²) in [6.45, 7) is 4.00. The van der Waals surface area contributed by atoms with Crippen LogP contribution in [0, 0.1) is 5.82 Å². The zero-order valence-electron chi connectivity index (χ0n) is 13.2. The molecule has 0 radical (unpaired) electrons. The van der Waals surface area contributed by atoms with Gasteiger partial charge in [-0.2, -0.15) is 0 Å². The molecule has 0 atom stereocenters. The van der Waals surface area contributed by atoms with Crippen LogP contribution in [-0.4, -0.2) is 77.6 Å². The monoisotopic (exact) mass is 341 g/mol. The van der Waals surface area contributed by atoms with Crippen LogP contribution in [-0.2, 0) is 14.4 Å². The lowest BCUT2D eigenvalue weighted by Crippen LogP contribution is -2.47. The molecule has 1 aliphatic heterocycles. The molecule has 132 valence electrons. The van der Waals surface area contributed by atoms with Gasteiger partial charge in [-0.15, -0.1) is 0 Å². The summed E-state index contributed by atoms with van der Waals surface area (Å²) in [4.78, 5) is 34.3. The molecule has 1 aliphatic rings. The van der Waals surface area contributed by atoms with Crippen molar-refractivity contribution in [2.24, 2.45) is 0 Å². The number of carbonyl (C=O) groups is 3. The van der Waals surface area contributed by atoms with Crippen LogP contribution >= 0.6 is 0 Å². The Bertz CT molecular complexity index is 576. The van der Waals surface area contributed by atoms with Gasteiger partial charge in [0.1, 0.15) is 5.82 Å². The number of amides is 1. The number of likely N-dealkylation sites (N-methyl/N-ethyl adjacent to an activating group) is 1. The molecule has 24 heavy (non-hydrogen) atoms. The number of rotatable bonds is 3. The summed E-state index contributed by atoms with van der Waals surface area (Å²) in [5.74, 6) is -4.21. The largest absolute Gasteiger partial charge is 0.473 e. The number of halogens is 1. The topological polar surface area (TPSA) is 110 Å². The Kier molecular flexibility index (Phi) is 7.80. The van der Waals surface area contributed by atoms with Crippen molar-refractivity contribution < 1.29 is 29.0 Å². The highest BCUT2D eigenvalue weighted by molar-refractivity contribution is 6.27. The maximum absolute atomic E-state index is 13.3. The molecule has 1 amide bonds. The summed E-state index contributed by atoms with van der Waals surface area (Å²) in [5.41, 5.74) is 0.247. The molecular formula is C15H20FN3O5. The molecule has 1 saturated heterocycles. The molecule has 0 bridgehead atoms. The Morgan fingerprint density at radius 2 is 1.62 bits per heavy atom. The van der Waals surface area contributed by atoms with Crippen molar-refractivity contribution in [3.8, 4) is 0 Å². The Hall–Kier alpha value is -2.52. The number of piperazine rings is 1. The van der Waals surface area contributed by atoms with Crippen molar-refractivity contribution in [3.05, 3.63) is 30.1 Å². The van der Waals surface area contributed by atoms with E-state index in [0.717, 1.165) is 26.2 Å². The Morgan fingerprint density at radius 3 is 2.12 bits per heavy atom. The molecule has 1 aromatic rings. The molecule has 9 heteroatoms. The minimum Gasteiger partial charge on any atom is -0.473 e. The predicted octanol–water partition coefficient (Wildman–Crippen LogP) is 0.167. The molecule has 0 spiro atoms.